The van der Waals surface area contributed by atoms with Gasteiger partial charge in [-0.2, -0.15) is 0 Å². The summed E-state index contributed by atoms with van der Waals surface area (Å²) in [4.78, 5) is 23.6. The molecule has 4 nitrogen and oxygen atoms in total. The largest absolute Gasteiger partial charge is 0.328 e. The summed E-state index contributed by atoms with van der Waals surface area (Å²) in [7, 11) is 1.59. The van der Waals surface area contributed by atoms with Gasteiger partial charge in [0.05, 0.1) is 0 Å². The first-order valence-corrected chi connectivity index (χ1v) is 2.88. The minimum Gasteiger partial charge on any atom is -0.303 e. The van der Waals surface area contributed by atoms with Gasteiger partial charge in [-0.3, -0.25) is 9.78 Å². The van der Waals surface area contributed by atoms with Crippen LogP contribution in [-0.4, -0.2) is 9.55 Å². The lowest BCUT2D eigenvalue weighted by Crippen LogP contribution is -2.28. The fourth-order valence-corrected chi connectivity index (χ4v) is 0.692. The van der Waals surface area contributed by atoms with E-state index in [2.05, 4.69) is 4.98 Å². The molecule has 0 fully saturated rings. The topological polar surface area (TPSA) is 54.9 Å². The number of H-pyrrole nitrogens is 1. The summed E-state index contributed by atoms with van der Waals surface area (Å²) in [6, 6.07) is 0. The SMILES string of the molecule is Cc1cn(C)c(=O)[nH]c1=O.Cl. The van der Waals surface area contributed by atoms with Gasteiger partial charge in [0.2, 0.25) is 0 Å². The van der Waals surface area contributed by atoms with Crippen molar-refractivity contribution in [2.24, 2.45) is 7.05 Å². The molecule has 5 heteroatoms. The molecule has 0 saturated heterocycles. The number of hydrogen-bond acceptors (Lipinski definition) is 2. The molecule has 0 bridgehead atoms. The number of aromatic amines is 1. The summed E-state index contributed by atoms with van der Waals surface area (Å²) >= 11 is 0. The van der Waals surface area contributed by atoms with Crippen molar-refractivity contribution in [3.05, 3.63) is 32.6 Å². The van der Waals surface area contributed by atoms with Crippen LogP contribution in [0, 0.1) is 6.92 Å². The third-order valence-corrected chi connectivity index (χ3v) is 1.29. The number of nitrogens with zero attached hydrogens (tertiary/aromatic N) is 1. The zero-order valence-electron chi connectivity index (χ0n) is 6.25. The molecule has 0 aliphatic rings. The van der Waals surface area contributed by atoms with Gasteiger partial charge in [-0.15, -0.1) is 12.4 Å². The Hall–Kier alpha value is -1.03. The molecule has 1 rings (SSSR count). The van der Waals surface area contributed by atoms with Crippen molar-refractivity contribution in [1.82, 2.24) is 9.55 Å². The van der Waals surface area contributed by atoms with Crippen LogP contribution >= 0.6 is 12.4 Å². The normalized spacial score (nSPS) is 8.91. The number of halogens is 1. The Labute approximate surface area is 69.3 Å². The molecule has 11 heavy (non-hydrogen) atoms. The highest BCUT2D eigenvalue weighted by molar-refractivity contribution is 5.85. The maximum absolute atomic E-state index is 10.7. The molecule has 1 heterocycles. The lowest BCUT2D eigenvalue weighted by Gasteiger charge is -1.94. The van der Waals surface area contributed by atoms with E-state index in [0.717, 1.165) is 0 Å². The first kappa shape index (κ1) is 9.97. The van der Waals surface area contributed by atoms with Crippen LogP contribution in [0.5, 0.6) is 0 Å². The van der Waals surface area contributed by atoms with E-state index in [1.54, 1.807) is 14.0 Å². The van der Waals surface area contributed by atoms with Gasteiger partial charge in [-0.1, -0.05) is 0 Å². The van der Waals surface area contributed by atoms with E-state index in [0.29, 0.717) is 5.56 Å². The number of rotatable bonds is 0. The standard InChI is InChI=1S/C6H8N2O2.ClH/c1-4-3-8(2)6(10)7-5(4)9;/h3H,1-2H3,(H,7,9,10);1H. The van der Waals surface area contributed by atoms with Gasteiger partial charge >= 0.3 is 5.69 Å². The van der Waals surface area contributed by atoms with Gasteiger partial charge in [0.25, 0.3) is 5.56 Å². The summed E-state index contributed by atoms with van der Waals surface area (Å²) in [5.41, 5.74) is -0.152. The smallest absolute Gasteiger partial charge is 0.303 e. The third-order valence-electron chi connectivity index (χ3n) is 1.29. The van der Waals surface area contributed by atoms with Crippen LogP contribution in [0.25, 0.3) is 0 Å². The highest BCUT2D eigenvalue weighted by atomic mass is 35.5. The molecular formula is C6H9ClN2O2. The van der Waals surface area contributed by atoms with Crippen molar-refractivity contribution in [2.45, 2.75) is 6.92 Å². The fraction of sp³-hybridized carbons (Fsp3) is 0.333. The molecular weight excluding hydrogens is 168 g/mol. The van der Waals surface area contributed by atoms with Crippen molar-refractivity contribution in [3.63, 3.8) is 0 Å². The van der Waals surface area contributed by atoms with Gasteiger partial charge in [-0.05, 0) is 6.92 Å². The predicted octanol–water partition coefficient (Wildman–Crippen LogP) is -0.196. The van der Waals surface area contributed by atoms with E-state index >= 15 is 0 Å². The Morgan fingerprint density at radius 3 is 2.45 bits per heavy atom. The van der Waals surface area contributed by atoms with Gasteiger partial charge in [-0.25, -0.2) is 4.79 Å². The molecule has 62 valence electrons. The Balaban J connectivity index is 0.000001000. The van der Waals surface area contributed by atoms with Gasteiger partial charge in [0, 0.05) is 18.8 Å². The molecule has 1 N–H and O–H groups in total. The average molecular weight is 177 g/mol. The molecule has 1 aromatic rings. The van der Waals surface area contributed by atoms with Crippen molar-refractivity contribution < 1.29 is 0 Å². The van der Waals surface area contributed by atoms with Gasteiger partial charge in [0.1, 0.15) is 0 Å². The van der Waals surface area contributed by atoms with E-state index < -0.39 is 0 Å². The Morgan fingerprint density at radius 2 is 2.00 bits per heavy atom. The van der Waals surface area contributed by atoms with E-state index in [4.69, 9.17) is 0 Å². The quantitative estimate of drug-likeness (QED) is 0.596. The minimum absolute atomic E-state index is 0. The highest BCUT2D eigenvalue weighted by Gasteiger charge is 1.93. The Kier molecular flexibility index (Phi) is 3.07. The van der Waals surface area contributed by atoms with Crippen LogP contribution in [-0.2, 0) is 7.05 Å². The zero-order valence-corrected chi connectivity index (χ0v) is 7.07. The fourth-order valence-electron chi connectivity index (χ4n) is 0.692. The summed E-state index contributed by atoms with van der Waals surface area (Å²) in [5, 5.41) is 0. The maximum atomic E-state index is 10.7. The molecule has 1 aromatic heterocycles. The molecule has 0 saturated carbocycles. The maximum Gasteiger partial charge on any atom is 0.328 e. The molecule has 0 spiro atoms. The number of hydrogen-bond donors (Lipinski definition) is 1. The molecule has 0 radical (unpaired) electrons. The van der Waals surface area contributed by atoms with Crippen molar-refractivity contribution in [2.75, 3.05) is 0 Å². The van der Waals surface area contributed by atoms with E-state index in [1.807, 2.05) is 0 Å². The molecule has 0 aliphatic carbocycles. The molecule has 0 unspecified atom stereocenters. The Bertz CT molecular complexity index is 321. The van der Waals surface area contributed by atoms with Crippen LogP contribution in [0.3, 0.4) is 0 Å². The van der Waals surface area contributed by atoms with Crippen LogP contribution in [0.2, 0.25) is 0 Å². The van der Waals surface area contributed by atoms with Crippen molar-refractivity contribution >= 4 is 12.4 Å². The predicted molar refractivity (Wildman–Crippen MR) is 44.3 cm³/mol. The van der Waals surface area contributed by atoms with Crippen molar-refractivity contribution in [1.29, 1.82) is 0 Å². The van der Waals surface area contributed by atoms with Crippen molar-refractivity contribution in [3.8, 4) is 0 Å². The highest BCUT2D eigenvalue weighted by Crippen LogP contribution is 1.77. The second kappa shape index (κ2) is 3.39. The number of aromatic nitrogens is 2. The monoisotopic (exact) mass is 176 g/mol. The number of nitrogens with one attached hydrogen (secondary N) is 1. The third kappa shape index (κ3) is 1.94. The lowest BCUT2D eigenvalue weighted by molar-refractivity contribution is 0.789. The molecule has 0 aromatic carbocycles. The van der Waals surface area contributed by atoms with E-state index in [9.17, 15) is 9.59 Å². The average Bonchev–Trinajstić information content (AvgIpc) is 1.84. The van der Waals surface area contributed by atoms with E-state index in [1.165, 1.54) is 10.8 Å². The molecule has 0 aliphatic heterocycles. The first-order valence-electron chi connectivity index (χ1n) is 2.88. The molecule has 0 amide bonds. The van der Waals surface area contributed by atoms with Crippen LogP contribution < -0.4 is 11.2 Å². The summed E-state index contributed by atoms with van der Waals surface area (Å²) in [5.74, 6) is 0. The lowest BCUT2D eigenvalue weighted by atomic mass is 10.4. The van der Waals surface area contributed by atoms with E-state index in [-0.39, 0.29) is 23.7 Å². The van der Waals surface area contributed by atoms with Crippen LogP contribution in [0.4, 0.5) is 0 Å². The summed E-state index contributed by atoms with van der Waals surface area (Å²) in [6.45, 7) is 1.65. The first-order chi connectivity index (χ1) is 4.61. The second-order valence-corrected chi connectivity index (χ2v) is 2.18. The van der Waals surface area contributed by atoms with Gasteiger partial charge in [0.15, 0.2) is 0 Å². The number of aryl methyl sites for hydroxylation is 2. The second-order valence-electron chi connectivity index (χ2n) is 2.18. The zero-order chi connectivity index (χ0) is 7.72. The Morgan fingerprint density at radius 1 is 1.45 bits per heavy atom. The minimum atomic E-state index is -0.379. The summed E-state index contributed by atoms with van der Waals surface area (Å²) in [6.07, 6.45) is 1.50. The summed E-state index contributed by atoms with van der Waals surface area (Å²) < 4.78 is 1.33. The van der Waals surface area contributed by atoms with Gasteiger partial charge < -0.3 is 4.57 Å². The van der Waals surface area contributed by atoms with Crippen LogP contribution in [0.1, 0.15) is 5.56 Å². The van der Waals surface area contributed by atoms with Crippen LogP contribution in [0.15, 0.2) is 15.8 Å². The molecule has 0 atom stereocenters.